The molecule has 0 aliphatic heterocycles. The largest absolute Gasteiger partial charge is 0.394 e. The summed E-state index contributed by atoms with van der Waals surface area (Å²) in [5, 5.41) is 20.3. The average molecular weight is 431 g/mol. The van der Waals surface area contributed by atoms with E-state index in [-0.39, 0.29) is 22.0 Å². The molecule has 3 rings (SSSR count). The molecule has 160 valence electrons. The fourth-order valence-electron chi connectivity index (χ4n) is 3.33. The van der Waals surface area contributed by atoms with Crippen LogP contribution in [0.1, 0.15) is 34.1 Å². The molecule has 0 aliphatic rings. The maximum absolute atomic E-state index is 15.1. The molecule has 3 aromatic heterocycles. The van der Waals surface area contributed by atoms with Gasteiger partial charge in [-0.05, 0) is 31.5 Å². The van der Waals surface area contributed by atoms with Crippen molar-refractivity contribution in [2.45, 2.75) is 25.8 Å². The molecule has 0 saturated carbocycles. The van der Waals surface area contributed by atoms with Crippen LogP contribution in [-0.4, -0.2) is 32.6 Å². The van der Waals surface area contributed by atoms with Crippen molar-refractivity contribution in [3.05, 3.63) is 68.8 Å². The Labute approximate surface area is 173 Å². The number of rotatable bonds is 5. The van der Waals surface area contributed by atoms with Crippen LogP contribution in [-0.2, 0) is 10.7 Å². The van der Waals surface area contributed by atoms with Crippen LogP contribution in [0.2, 0.25) is 0 Å². The number of aryl methyl sites for hydroxylation is 2. The number of nitrogens with zero attached hydrogens (tertiary/aromatic N) is 3. The lowest BCUT2D eigenvalue weighted by Gasteiger charge is -2.22. The van der Waals surface area contributed by atoms with Crippen LogP contribution in [0, 0.1) is 31.0 Å². The summed E-state index contributed by atoms with van der Waals surface area (Å²) in [7, 11) is 0. The molecule has 3 N–H and O–H groups in total. The third-order valence-corrected chi connectivity index (χ3v) is 4.78. The molecule has 8 nitrogen and oxygen atoms in total. The first-order valence-electron chi connectivity index (χ1n) is 8.95. The predicted molar refractivity (Wildman–Crippen MR) is 103 cm³/mol. The quantitative estimate of drug-likeness (QED) is 0.565. The minimum atomic E-state index is -4.31. The first-order chi connectivity index (χ1) is 14.6. The van der Waals surface area contributed by atoms with Crippen molar-refractivity contribution in [1.82, 2.24) is 20.3 Å². The topological polar surface area (TPSA) is 132 Å². The highest BCUT2D eigenvalue weighted by molar-refractivity contribution is 5.90. The van der Waals surface area contributed by atoms with Crippen LogP contribution >= 0.6 is 0 Å². The van der Waals surface area contributed by atoms with Gasteiger partial charge < -0.3 is 15.4 Å². The molecule has 0 bridgehead atoms. The number of hydrogen-bond acceptors (Lipinski definition) is 6. The smallest absolute Gasteiger partial charge is 0.355 e. The Morgan fingerprint density at radius 3 is 2.71 bits per heavy atom. The van der Waals surface area contributed by atoms with Crippen LogP contribution < -0.4 is 10.9 Å². The van der Waals surface area contributed by atoms with Crippen LogP contribution in [0.3, 0.4) is 0 Å². The van der Waals surface area contributed by atoms with Crippen molar-refractivity contribution in [2.75, 3.05) is 6.61 Å². The van der Waals surface area contributed by atoms with Crippen LogP contribution in [0.15, 0.2) is 29.3 Å². The number of pyridine rings is 3. The number of aliphatic hydroxyl groups excluding tert-OH is 1. The molecule has 0 spiro atoms. The summed E-state index contributed by atoms with van der Waals surface area (Å²) in [6.07, 6.45) is 2.38. The average Bonchev–Trinajstić information content (AvgIpc) is 2.71. The molecule has 3 aromatic rings. The summed E-state index contributed by atoms with van der Waals surface area (Å²) in [5.41, 5.74) is -2.38. The monoisotopic (exact) mass is 431 g/mol. The van der Waals surface area contributed by atoms with E-state index in [1.54, 1.807) is 13.0 Å². The second kappa shape index (κ2) is 8.16. The summed E-state index contributed by atoms with van der Waals surface area (Å²) in [6.45, 7) is 1.89. The van der Waals surface area contributed by atoms with E-state index < -0.39 is 47.1 Å². The van der Waals surface area contributed by atoms with Crippen molar-refractivity contribution in [3.63, 3.8) is 0 Å². The van der Waals surface area contributed by atoms with E-state index in [9.17, 15) is 19.1 Å². The van der Waals surface area contributed by atoms with E-state index >= 15 is 8.78 Å². The molecule has 3 heterocycles. The van der Waals surface area contributed by atoms with Crippen LogP contribution in [0.4, 0.5) is 13.2 Å². The number of aromatic amines is 1. The fourth-order valence-corrected chi connectivity index (χ4v) is 3.33. The van der Waals surface area contributed by atoms with E-state index in [2.05, 4.69) is 15.0 Å². The fraction of sp³-hybridized carbons (Fsp3) is 0.250. The minimum Gasteiger partial charge on any atom is -0.394 e. The van der Waals surface area contributed by atoms with Gasteiger partial charge in [0.05, 0.1) is 29.3 Å². The van der Waals surface area contributed by atoms with Gasteiger partial charge >= 0.3 is 5.92 Å². The Morgan fingerprint density at radius 1 is 1.39 bits per heavy atom. The summed E-state index contributed by atoms with van der Waals surface area (Å²) in [6, 6.07) is 2.26. The molecule has 0 saturated heterocycles. The number of carbonyl (C=O) groups is 1. The second-order valence-electron chi connectivity index (χ2n) is 6.76. The van der Waals surface area contributed by atoms with E-state index in [4.69, 9.17) is 5.26 Å². The predicted octanol–water partition coefficient (Wildman–Crippen LogP) is 1.89. The van der Waals surface area contributed by atoms with Gasteiger partial charge in [-0.2, -0.15) is 14.0 Å². The maximum atomic E-state index is 15.1. The summed E-state index contributed by atoms with van der Waals surface area (Å²) in [5.74, 6) is -7.31. The Bertz CT molecular complexity index is 1280. The van der Waals surface area contributed by atoms with Gasteiger partial charge in [0.25, 0.3) is 11.5 Å². The molecule has 1 atom stereocenters. The number of nitrogens with one attached hydrogen (secondary N) is 2. The zero-order valence-electron chi connectivity index (χ0n) is 16.3. The normalized spacial score (nSPS) is 12.4. The molecule has 11 heteroatoms. The van der Waals surface area contributed by atoms with E-state index in [0.717, 1.165) is 12.3 Å². The van der Waals surface area contributed by atoms with Gasteiger partial charge in [0, 0.05) is 23.5 Å². The lowest BCUT2D eigenvalue weighted by molar-refractivity contribution is -0.148. The number of aromatic nitrogens is 3. The summed E-state index contributed by atoms with van der Waals surface area (Å²) >= 11 is 0. The lowest BCUT2D eigenvalue weighted by atomic mass is 9.98. The molecule has 1 unspecified atom stereocenters. The number of hydrogen-bond donors (Lipinski definition) is 3. The van der Waals surface area contributed by atoms with Crippen molar-refractivity contribution < 1.29 is 23.1 Å². The number of alkyl halides is 2. The van der Waals surface area contributed by atoms with Crippen LogP contribution in [0.25, 0.3) is 10.9 Å². The standard InChI is InChI=1S/C20H16F3N5O3/c1-9-15-10(2)25-4-3-13(15)27-18(30)16(9)20(22,23)19(31)28-14(8-29)17-12(21)5-11(6-24)7-26-17/h3-5,7,14,29H,8H2,1-2H3,(H,27,30)(H,28,31). The maximum Gasteiger partial charge on any atom is 0.355 e. The first-order valence-corrected chi connectivity index (χ1v) is 8.95. The molecule has 1 amide bonds. The highest BCUT2D eigenvalue weighted by Gasteiger charge is 2.46. The van der Waals surface area contributed by atoms with E-state index in [1.807, 2.05) is 5.32 Å². The number of amides is 1. The molecular formula is C20H16F3N5O3. The zero-order valence-corrected chi connectivity index (χ0v) is 16.3. The summed E-state index contributed by atoms with van der Waals surface area (Å²) in [4.78, 5) is 34.8. The number of H-pyrrole nitrogens is 1. The van der Waals surface area contributed by atoms with Crippen LogP contribution in [0.5, 0.6) is 0 Å². The van der Waals surface area contributed by atoms with Gasteiger partial charge in [0.2, 0.25) is 0 Å². The Kier molecular flexibility index (Phi) is 5.77. The molecule has 0 fully saturated rings. The van der Waals surface area contributed by atoms with E-state index in [1.165, 1.54) is 19.2 Å². The van der Waals surface area contributed by atoms with Crippen molar-refractivity contribution in [2.24, 2.45) is 0 Å². The third-order valence-electron chi connectivity index (χ3n) is 4.78. The minimum absolute atomic E-state index is 0.128. The Balaban J connectivity index is 2.02. The summed E-state index contributed by atoms with van der Waals surface area (Å²) < 4.78 is 44.3. The molecule has 0 aromatic carbocycles. The lowest BCUT2D eigenvalue weighted by Crippen LogP contribution is -2.44. The third kappa shape index (κ3) is 3.85. The molecule has 31 heavy (non-hydrogen) atoms. The number of aliphatic hydroxyl groups is 1. The number of fused-ring (bicyclic) bond motifs is 1. The van der Waals surface area contributed by atoms with Gasteiger partial charge in [-0.15, -0.1) is 0 Å². The molecular weight excluding hydrogens is 415 g/mol. The SMILES string of the molecule is Cc1nccc2[nH]c(=O)c(C(F)(F)C(=O)NC(CO)c3ncc(C#N)cc3F)c(C)c12. The van der Waals surface area contributed by atoms with Gasteiger partial charge in [0.1, 0.15) is 17.6 Å². The second-order valence-corrected chi connectivity index (χ2v) is 6.76. The Morgan fingerprint density at radius 2 is 2.10 bits per heavy atom. The molecule has 0 radical (unpaired) electrons. The van der Waals surface area contributed by atoms with Crippen molar-refractivity contribution in [3.8, 4) is 6.07 Å². The highest BCUT2D eigenvalue weighted by atomic mass is 19.3. The number of halogens is 3. The number of nitriles is 1. The number of carbonyl (C=O) groups excluding carboxylic acids is 1. The first kappa shape index (κ1) is 21.9. The molecule has 0 aliphatic carbocycles. The zero-order chi connectivity index (χ0) is 22.9. The van der Waals surface area contributed by atoms with Gasteiger partial charge in [-0.25, -0.2) is 4.39 Å². The van der Waals surface area contributed by atoms with Crippen molar-refractivity contribution in [1.29, 1.82) is 5.26 Å². The van der Waals surface area contributed by atoms with Gasteiger partial charge in [0.15, 0.2) is 0 Å². The van der Waals surface area contributed by atoms with Gasteiger partial charge in [-0.1, -0.05) is 0 Å². The highest BCUT2D eigenvalue weighted by Crippen LogP contribution is 2.32. The Hall–Kier alpha value is -3.78. The van der Waals surface area contributed by atoms with E-state index in [0.29, 0.717) is 5.69 Å². The van der Waals surface area contributed by atoms with Gasteiger partial charge in [-0.3, -0.25) is 19.6 Å². The van der Waals surface area contributed by atoms with Crippen molar-refractivity contribution >= 4 is 16.8 Å².